The smallest absolute Gasteiger partial charge is 0.126 e. The third-order valence-electron chi connectivity index (χ3n) is 3.12. The van der Waals surface area contributed by atoms with Crippen LogP contribution in [0.25, 0.3) is 0 Å². The Morgan fingerprint density at radius 2 is 2.00 bits per heavy atom. The topological polar surface area (TPSA) is 44.5 Å². The van der Waals surface area contributed by atoms with Crippen LogP contribution in [-0.2, 0) is 6.42 Å². The molecule has 0 amide bonds. The van der Waals surface area contributed by atoms with E-state index < -0.39 is 0 Å². The molecule has 0 aliphatic rings. The molecule has 3 nitrogen and oxygen atoms in total. The molecule has 0 spiro atoms. The Balaban J connectivity index is 2.76. The molecule has 1 aromatic rings. The van der Waals surface area contributed by atoms with Gasteiger partial charge in [0.2, 0.25) is 0 Å². The van der Waals surface area contributed by atoms with E-state index in [0.717, 1.165) is 30.1 Å². The Hall–Kier alpha value is -1.22. The maximum absolute atomic E-state index is 5.96. The zero-order valence-electron chi connectivity index (χ0n) is 12.6. The third-order valence-corrected chi connectivity index (χ3v) is 3.12. The van der Waals surface area contributed by atoms with Crippen molar-refractivity contribution >= 4 is 0 Å². The first kappa shape index (κ1) is 15.8. The summed E-state index contributed by atoms with van der Waals surface area (Å²) >= 11 is 0. The van der Waals surface area contributed by atoms with Gasteiger partial charge in [0.25, 0.3) is 0 Å². The third kappa shape index (κ3) is 5.52. The Kier molecular flexibility index (Phi) is 6.71. The maximum atomic E-state index is 5.96. The highest BCUT2D eigenvalue weighted by Crippen LogP contribution is 2.26. The van der Waals surface area contributed by atoms with E-state index in [1.54, 1.807) is 7.11 Å². The average Bonchev–Trinajstić information content (AvgIpc) is 2.37. The Morgan fingerprint density at radius 3 is 2.58 bits per heavy atom. The van der Waals surface area contributed by atoms with E-state index in [1.165, 1.54) is 12.8 Å². The van der Waals surface area contributed by atoms with E-state index in [9.17, 15) is 0 Å². The van der Waals surface area contributed by atoms with Gasteiger partial charge in [-0.15, -0.1) is 0 Å². The summed E-state index contributed by atoms with van der Waals surface area (Å²) in [5, 5.41) is 0. The van der Waals surface area contributed by atoms with Crippen molar-refractivity contribution < 1.29 is 9.47 Å². The summed E-state index contributed by atoms with van der Waals surface area (Å²) < 4.78 is 11.2. The number of benzene rings is 1. The van der Waals surface area contributed by atoms with E-state index in [0.29, 0.717) is 5.92 Å². The number of methoxy groups -OCH3 is 1. The van der Waals surface area contributed by atoms with Crippen LogP contribution in [0.4, 0.5) is 0 Å². The van der Waals surface area contributed by atoms with E-state index in [4.69, 9.17) is 15.2 Å². The summed E-state index contributed by atoms with van der Waals surface area (Å²) in [6.07, 6.45) is 3.20. The van der Waals surface area contributed by atoms with Crippen molar-refractivity contribution in [2.24, 2.45) is 11.7 Å². The van der Waals surface area contributed by atoms with Gasteiger partial charge in [0.1, 0.15) is 11.5 Å². The van der Waals surface area contributed by atoms with Gasteiger partial charge in [-0.2, -0.15) is 0 Å². The van der Waals surface area contributed by atoms with Crippen molar-refractivity contribution in [1.29, 1.82) is 0 Å². The van der Waals surface area contributed by atoms with E-state index in [2.05, 4.69) is 13.8 Å². The molecule has 0 aromatic heterocycles. The van der Waals surface area contributed by atoms with Crippen molar-refractivity contribution in [2.75, 3.05) is 13.7 Å². The van der Waals surface area contributed by atoms with Gasteiger partial charge in [-0.3, -0.25) is 0 Å². The number of hydrogen-bond donors (Lipinski definition) is 1. The second kappa shape index (κ2) is 8.05. The highest BCUT2D eigenvalue weighted by atomic mass is 16.5. The van der Waals surface area contributed by atoms with Crippen LogP contribution in [0.15, 0.2) is 18.2 Å². The molecule has 2 N–H and O–H groups in total. The molecule has 2 atom stereocenters. The van der Waals surface area contributed by atoms with Crippen molar-refractivity contribution in [3.8, 4) is 11.5 Å². The largest absolute Gasteiger partial charge is 0.497 e. The van der Waals surface area contributed by atoms with Crippen LogP contribution in [-0.4, -0.2) is 19.8 Å². The van der Waals surface area contributed by atoms with Crippen LogP contribution in [0.1, 0.15) is 39.2 Å². The molecule has 3 heteroatoms. The van der Waals surface area contributed by atoms with Gasteiger partial charge in [0, 0.05) is 12.1 Å². The van der Waals surface area contributed by atoms with E-state index in [-0.39, 0.29) is 6.04 Å². The Labute approximate surface area is 117 Å². The number of nitrogens with two attached hydrogens (primary N) is 1. The van der Waals surface area contributed by atoms with Gasteiger partial charge >= 0.3 is 0 Å². The lowest BCUT2D eigenvalue weighted by Crippen LogP contribution is -2.19. The van der Waals surface area contributed by atoms with Crippen LogP contribution < -0.4 is 15.2 Å². The first-order chi connectivity index (χ1) is 9.06. The number of rotatable bonds is 8. The minimum Gasteiger partial charge on any atom is -0.497 e. The number of ether oxygens (including phenoxy) is 2. The normalized spacial score (nSPS) is 13.9. The average molecular weight is 265 g/mol. The standard InChI is InChI=1S/C16H27NO2/c1-5-6-12(2)11-19-16-10-15(18-4)8-7-14(16)9-13(3)17/h7-8,10,12-13H,5-6,9,11,17H2,1-4H3. The molecule has 0 saturated heterocycles. The van der Waals surface area contributed by atoms with Crippen molar-refractivity contribution in [1.82, 2.24) is 0 Å². The Morgan fingerprint density at radius 1 is 1.26 bits per heavy atom. The van der Waals surface area contributed by atoms with Crippen LogP contribution in [0.3, 0.4) is 0 Å². The number of hydrogen-bond acceptors (Lipinski definition) is 3. The van der Waals surface area contributed by atoms with E-state index in [1.807, 2.05) is 25.1 Å². The molecule has 1 rings (SSSR count). The van der Waals surface area contributed by atoms with Gasteiger partial charge in [-0.1, -0.05) is 26.3 Å². The van der Waals surface area contributed by atoms with Crippen LogP contribution in [0.5, 0.6) is 11.5 Å². The first-order valence-electron chi connectivity index (χ1n) is 7.12. The van der Waals surface area contributed by atoms with Crippen LogP contribution in [0, 0.1) is 5.92 Å². The molecule has 0 fully saturated rings. The molecule has 0 radical (unpaired) electrons. The molecule has 0 aliphatic carbocycles. The highest BCUT2D eigenvalue weighted by molar-refractivity contribution is 5.41. The lowest BCUT2D eigenvalue weighted by Gasteiger charge is -2.17. The highest BCUT2D eigenvalue weighted by Gasteiger charge is 2.10. The zero-order chi connectivity index (χ0) is 14.3. The fraction of sp³-hybridized carbons (Fsp3) is 0.625. The second-order valence-electron chi connectivity index (χ2n) is 5.36. The van der Waals surface area contributed by atoms with Crippen molar-refractivity contribution in [3.05, 3.63) is 23.8 Å². The molecule has 0 heterocycles. The van der Waals surface area contributed by atoms with Crippen molar-refractivity contribution in [3.63, 3.8) is 0 Å². The molecule has 2 unspecified atom stereocenters. The predicted molar refractivity (Wildman–Crippen MR) is 79.9 cm³/mol. The summed E-state index contributed by atoms with van der Waals surface area (Å²) in [5.74, 6) is 2.30. The molecule has 19 heavy (non-hydrogen) atoms. The maximum Gasteiger partial charge on any atom is 0.126 e. The fourth-order valence-corrected chi connectivity index (χ4v) is 2.12. The molecular formula is C16H27NO2. The SMILES string of the molecule is CCCC(C)COc1cc(OC)ccc1CC(C)N. The minimum atomic E-state index is 0.129. The van der Waals surface area contributed by atoms with Gasteiger partial charge in [0.15, 0.2) is 0 Å². The quantitative estimate of drug-likeness (QED) is 0.783. The summed E-state index contributed by atoms with van der Waals surface area (Å²) in [6.45, 7) is 7.17. The molecule has 1 aromatic carbocycles. The molecule has 108 valence electrons. The molecule has 0 bridgehead atoms. The lowest BCUT2D eigenvalue weighted by molar-refractivity contribution is 0.248. The van der Waals surface area contributed by atoms with Gasteiger partial charge in [-0.05, 0) is 37.3 Å². The van der Waals surface area contributed by atoms with Gasteiger partial charge in [0.05, 0.1) is 13.7 Å². The molecule has 0 saturated carbocycles. The Bertz CT molecular complexity index is 377. The van der Waals surface area contributed by atoms with E-state index >= 15 is 0 Å². The predicted octanol–water partition coefficient (Wildman–Crippen LogP) is 3.40. The summed E-state index contributed by atoms with van der Waals surface area (Å²) in [6, 6.07) is 6.09. The van der Waals surface area contributed by atoms with Crippen molar-refractivity contribution in [2.45, 2.75) is 46.1 Å². The fourth-order valence-electron chi connectivity index (χ4n) is 2.12. The van der Waals surface area contributed by atoms with Gasteiger partial charge < -0.3 is 15.2 Å². The lowest BCUT2D eigenvalue weighted by atomic mass is 10.1. The van der Waals surface area contributed by atoms with Crippen LogP contribution >= 0.6 is 0 Å². The monoisotopic (exact) mass is 265 g/mol. The minimum absolute atomic E-state index is 0.129. The molecule has 0 aliphatic heterocycles. The van der Waals surface area contributed by atoms with Crippen LogP contribution in [0.2, 0.25) is 0 Å². The second-order valence-corrected chi connectivity index (χ2v) is 5.36. The van der Waals surface area contributed by atoms with Gasteiger partial charge in [-0.25, -0.2) is 0 Å². The summed E-state index contributed by atoms with van der Waals surface area (Å²) in [7, 11) is 1.67. The molecular weight excluding hydrogens is 238 g/mol. The zero-order valence-corrected chi connectivity index (χ0v) is 12.6. The summed E-state index contributed by atoms with van der Waals surface area (Å²) in [4.78, 5) is 0. The first-order valence-corrected chi connectivity index (χ1v) is 7.12. The summed E-state index contributed by atoms with van der Waals surface area (Å²) in [5.41, 5.74) is 7.03.